The molecule has 0 spiro atoms. The van der Waals surface area contributed by atoms with Crippen LogP contribution in [0, 0.1) is 0 Å². The average Bonchev–Trinajstić information content (AvgIpc) is 2.26. The predicted molar refractivity (Wildman–Crippen MR) is 66.1 cm³/mol. The zero-order valence-corrected chi connectivity index (χ0v) is 10.3. The van der Waals surface area contributed by atoms with Crippen LogP contribution in [0.1, 0.15) is 5.56 Å². The lowest BCUT2D eigenvalue weighted by Gasteiger charge is -2.18. The summed E-state index contributed by atoms with van der Waals surface area (Å²) in [6.07, 6.45) is 2.79. The Hall–Kier alpha value is -0.960. The molecular weight excluding hydrogens is 206 g/mol. The fourth-order valence-electron chi connectivity index (χ4n) is 1.39. The molecule has 2 nitrogen and oxygen atoms in total. The van der Waals surface area contributed by atoms with Crippen LogP contribution in [-0.4, -0.2) is 36.4 Å². The minimum atomic E-state index is 0.0300. The van der Waals surface area contributed by atoms with Crippen LogP contribution in [-0.2, 0) is 11.2 Å². The van der Waals surface area contributed by atoms with E-state index in [1.807, 2.05) is 24.5 Å². The van der Waals surface area contributed by atoms with Crippen LogP contribution >= 0.6 is 11.8 Å². The van der Waals surface area contributed by atoms with Gasteiger partial charge in [0.1, 0.15) is 0 Å². The Balaban J connectivity index is 2.66. The molecule has 0 saturated heterocycles. The SMILES string of the molecule is CS[C@@H](Cc1ccccc1)C(=O)N(C)C. The second kappa shape index (κ2) is 5.81. The number of carbonyl (C=O) groups excluding carboxylic acids is 1. The van der Waals surface area contributed by atoms with Gasteiger partial charge in [-0.2, -0.15) is 11.8 Å². The van der Waals surface area contributed by atoms with E-state index >= 15 is 0 Å². The van der Waals surface area contributed by atoms with E-state index in [9.17, 15) is 4.79 Å². The highest BCUT2D eigenvalue weighted by molar-refractivity contribution is 7.99. The van der Waals surface area contributed by atoms with E-state index < -0.39 is 0 Å². The summed E-state index contributed by atoms with van der Waals surface area (Å²) in [4.78, 5) is 13.4. The molecule has 82 valence electrons. The van der Waals surface area contributed by atoms with Gasteiger partial charge in [-0.25, -0.2) is 0 Å². The van der Waals surface area contributed by atoms with Crippen LogP contribution in [0.15, 0.2) is 30.3 Å². The maximum absolute atomic E-state index is 11.8. The number of hydrogen-bond acceptors (Lipinski definition) is 2. The summed E-state index contributed by atoms with van der Waals surface area (Å²) in [6.45, 7) is 0. The fourth-order valence-corrected chi connectivity index (χ4v) is 2.16. The summed E-state index contributed by atoms with van der Waals surface area (Å²) in [6, 6.07) is 10.1. The predicted octanol–water partition coefficient (Wildman–Crippen LogP) is 2.05. The third-order valence-corrected chi connectivity index (χ3v) is 3.20. The molecule has 1 aromatic rings. The van der Waals surface area contributed by atoms with Gasteiger partial charge in [-0.3, -0.25) is 4.79 Å². The van der Waals surface area contributed by atoms with Gasteiger partial charge in [-0.05, 0) is 18.2 Å². The van der Waals surface area contributed by atoms with Gasteiger partial charge in [-0.1, -0.05) is 30.3 Å². The molecule has 1 atom stereocenters. The molecule has 0 aliphatic rings. The monoisotopic (exact) mass is 223 g/mol. The van der Waals surface area contributed by atoms with Crippen molar-refractivity contribution in [2.24, 2.45) is 0 Å². The van der Waals surface area contributed by atoms with Crippen molar-refractivity contribution in [2.75, 3.05) is 20.4 Å². The van der Waals surface area contributed by atoms with Gasteiger partial charge in [0.15, 0.2) is 0 Å². The van der Waals surface area contributed by atoms with Crippen molar-refractivity contribution in [2.45, 2.75) is 11.7 Å². The molecule has 0 unspecified atom stereocenters. The van der Waals surface area contributed by atoms with E-state index in [0.717, 1.165) is 6.42 Å². The molecule has 0 aliphatic heterocycles. The van der Waals surface area contributed by atoms with Crippen molar-refractivity contribution in [1.82, 2.24) is 4.90 Å². The Morgan fingerprint density at radius 2 is 1.93 bits per heavy atom. The van der Waals surface area contributed by atoms with Crippen LogP contribution in [0.2, 0.25) is 0 Å². The van der Waals surface area contributed by atoms with Gasteiger partial charge in [0.05, 0.1) is 5.25 Å². The third-order valence-electron chi connectivity index (χ3n) is 2.26. The minimum Gasteiger partial charge on any atom is -0.348 e. The molecule has 0 saturated carbocycles. The molecule has 0 N–H and O–H groups in total. The van der Waals surface area contributed by atoms with Gasteiger partial charge >= 0.3 is 0 Å². The van der Waals surface area contributed by atoms with Crippen LogP contribution in [0.4, 0.5) is 0 Å². The first-order valence-corrected chi connectivity index (χ1v) is 6.22. The van der Waals surface area contributed by atoms with Crippen LogP contribution < -0.4 is 0 Å². The molecule has 0 heterocycles. The van der Waals surface area contributed by atoms with E-state index in [1.54, 1.807) is 30.8 Å². The third kappa shape index (κ3) is 3.59. The molecule has 1 aromatic carbocycles. The summed E-state index contributed by atoms with van der Waals surface area (Å²) in [5.74, 6) is 0.186. The molecule has 1 rings (SSSR count). The van der Waals surface area contributed by atoms with Crippen molar-refractivity contribution in [3.05, 3.63) is 35.9 Å². The van der Waals surface area contributed by atoms with E-state index in [2.05, 4.69) is 12.1 Å². The van der Waals surface area contributed by atoms with Gasteiger partial charge in [0, 0.05) is 14.1 Å². The lowest BCUT2D eigenvalue weighted by molar-refractivity contribution is -0.128. The number of thioether (sulfide) groups is 1. The lowest BCUT2D eigenvalue weighted by Crippen LogP contribution is -2.32. The highest BCUT2D eigenvalue weighted by atomic mass is 32.2. The van der Waals surface area contributed by atoms with E-state index in [-0.39, 0.29) is 11.2 Å². The van der Waals surface area contributed by atoms with Gasteiger partial charge < -0.3 is 4.90 Å². The van der Waals surface area contributed by atoms with Crippen LogP contribution in [0.3, 0.4) is 0 Å². The summed E-state index contributed by atoms with van der Waals surface area (Å²) in [5, 5.41) is 0.0300. The molecule has 0 aliphatic carbocycles. The Morgan fingerprint density at radius 1 is 1.33 bits per heavy atom. The second-order valence-electron chi connectivity index (χ2n) is 3.65. The standard InChI is InChI=1S/C12H17NOS/c1-13(2)12(14)11(15-3)9-10-7-5-4-6-8-10/h4-8,11H,9H2,1-3H3/t11-/m0/s1. The second-order valence-corrected chi connectivity index (χ2v) is 4.69. The summed E-state index contributed by atoms with van der Waals surface area (Å²) in [5.41, 5.74) is 1.21. The van der Waals surface area contributed by atoms with Crippen molar-refractivity contribution < 1.29 is 4.79 Å². The van der Waals surface area contributed by atoms with Gasteiger partial charge in [0.2, 0.25) is 5.91 Å². The normalized spacial score (nSPS) is 12.2. The zero-order valence-electron chi connectivity index (χ0n) is 9.43. The molecule has 0 aromatic heterocycles. The smallest absolute Gasteiger partial charge is 0.235 e. The lowest BCUT2D eigenvalue weighted by atomic mass is 10.1. The molecule has 1 amide bonds. The maximum atomic E-state index is 11.8. The van der Waals surface area contributed by atoms with Crippen molar-refractivity contribution >= 4 is 17.7 Å². The molecule has 0 bridgehead atoms. The molecule has 3 heteroatoms. The minimum absolute atomic E-state index is 0.0300. The van der Waals surface area contributed by atoms with E-state index in [0.29, 0.717) is 0 Å². The van der Waals surface area contributed by atoms with E-state index in [4.69, 9.17) is 0 Å². The quantitative estimate of drug-likeness (QED) is 0.778. The van der Waals surface area contributed by atoms with Crippen molar-refractivity contribution in [3.63, 3.8) is 0 Å². The van der Waals surface area contributed by atoms with Crippen LogP contribution in [0.5, 0.6) is 0 Å². The number of nitrogens with zero attached hydrogens (tertiary/aromatic N) is 1. The number of amides is 1. The first-order valence-electron chi connectivity index (χ1n) is 4.93. The molecule has 0 fully saturated rings. The molecular formula is C12H17NOS. The maximum Gasteiger partial charge on any atom is 0.235 e. The number of carbonyl (C=O) groups is 1. The summed E-state index contributed by atoms with van der Waals surface area (Å²) < 4.78 is 0. The first-order chi connectivity index (χ1) is 7.15. The van der Waals surface area contributed by atoms with Gasteiger partial charge in [0.25, 0.3) is 0 Å². The van der Waals surface area contributed by atoms with Crippen molar-refractivity contribution in [3.8, 4) is 0 Å². The Bertz CT molecular complexity index is 311. The molecule has 15 heavy (non-hydrogen) atoms. The first kappa shape index (κ1) is 12.1. The Kier molecular flexibility index (Phi) is 4.69. The number of benzene rings is 1. The highest BCUT2D eigenvalue weighted by Crippen LogP contribution is 2.15. The Labute approximate surface area is 95.7 Å². The Morgan fingerprint density at radius 3 is 2.40 bits per heavy atom. The average molecular weight is 223 g/mol. The highest BCUT2D eigenvalue weighted by Gasteiger charge is 2.18. The summed E-state index contributed by atoms with van der Waals surface area (Å²) in [7, 11) is 3.60. The molecule has 0 radical (unpaired) electrons. The zero-order chi connectivity index (χ0) is 11.3. The largest absolute Gasteiger partial charge is 0.348 e. The van der Waals surface area contributed by atoms with Crippen LogP contribution in [0.25, 0.3) is 0 Å². The number of hydrogen-bond donors (Lipinski definition) is 0. The van der Waals surface area contributed by atoms with E-state index in [1.165, 1.54) is 5.56 Å². The summed E-state index contributed by atoms with van der Waals surface area (Å²) >= 11 is 1.61. The number of rotatable bonds is 4. The topological polar surface area (TPSA) is 20.3 Å². The van der Waals surface area contributed by atoms with Crippen molar-refractivity contribution in [1.29, 1.82) is 0 Å². The van der Waals surface area contributed by atoms with Gasteiger partial charge in [-0.15, -0.1) is 0 Å². The fraction of sp³-hybridized carbons (Fsp3) is 0.417.